The molecule has 0 bridgehead atoms. The van der Waals surface area contributed by atoms with Crippen molar-refractivity contribution >= 4 is 43.7 Å². The van der Waals surface area contributed by atoms with Crippen LogP contribution in [0.2, 0.25) is 39.3 Å². The van der Waals surface area contributed by atoms with Gasteiger partial charge in [0, 0.05) is 0 Å². The molecule has 0 aliphatic heterocycles. The van der Waals surface area contributed by atoms with E-state index in [9.17, 15) is 0 Å². The van der Waals surface area contributed by atoms with Crippen molar-refractivity contribution in [1.82, 2.24) is 0 Å². The van der Waals surface area contributed by atoms with E-state index in [2.05, 4.69) is 112 Å². The van der Waals surface area contributed by atoms with E-state index in [1.807, 2.05) is 0 Å². The Morgan fingerprint density at radius 1 is 0.517 bits per heavy atom. The van der Waals surface area contributed by atoms with E-state index < -0.39 is 32.3 Å². The van der Waals surface area contributed by atoms with Crippen molar-refractivity contribution in [3.05, 3.63) is 57.6 Å². The molecule has 0 heterocycles. The molecular formula is C24H40GeN2Si2. The molecule has 0 aliphatic rings. The van der Waals surface area contributed by atoms with Crippen LogP contribution in [0.25, 0.3) is 0 Å². The SMILES string of the molecule is Cc1cc(C)c([N]([Ge][N](c2c(C)cc(C)cc2C)[Si](C)(C)C)[Si](C)(C)C)c(C)c1. The Hall–Kier alpha value is -0.983. The van der Waals surface area contributed by atoms with Gasteiger partial charge in [0.1, 0.15) is 0 Å². The summed E-state index contributed by atoms with van der Waals surface area (Å²) in [6.45, 7) is 28.7. The molecule has 29 heavy (non-hydrogen) atoms. The number of hydrogen-bond donors (Lipinski definition) is 0. The quantitative estimate of drug-likeness (QED) is 0.405. The van der Waals surface area contributed by atoms with Gasteiger partial charge in [-0.2, -0.15) is 0 Å². The van der Waals surface area contributed by atoms with Crippen molar-refractivity contribution in [2.45, 2.75) is 80.8 Å². The van der Waals surface area contributed by atoms with Crippen LogP contribution in [0.1, 0.15) is 33.4 Å². The molecule has 0 saturated carbocycles. The van der Waals surface area contributed by atoms with Gasteiger partial charge in [0.15, 0.2) is 0 Å². The predicted molar refractivity (Wildman–Crippen MR) is 139 cm³/mol. The number of hydrogen-bond acceptors (Lipinski definition) is 2. The summed E-state index contributed by atoms with van der Waals surface area (Å²) >= 11 is -0.520. The predicted octanol–water partition coefficient (Wildman–Crippen LogP) is 7.05. The second kappa shape index (κ2) is 8.64. The third-order valence-corrected chi connectivity index (χ3v) is 19.7. The maximum atomic E-state index is 2.88. The van der Waals surface area contributed by atoms with Gasteiger partial charge in [-0.1, -0.05) is 0 Å². The van der Waals surface area contributed by atoms with Crippen LogP contribution in [-0.2, 0) is 0 Å². The van der Waals surface area contributed by atoms with Crippen LogP contribution in [0.15, 0.2) is 24.3 Å². The van der Waals surface area contributed by atoms with Crippen LogP contribution in [0.4, 0.5) is 11.4 Å². The average molecular weight is 485 g/mol. The number of anilines is 2. The van der Waals surface area contributed by atoms with Gasteiger partial charge < -0.3 is 0 Å². The minimum absolute atomic E-state index is 0.520. The maximum absolute atomic E-state index is 2.88. The minimum atomic E-state index is -1.56. The first-order valence-corrected chi connectivity index (χ1v) is 19.4. The summed E-state index contributed by atoms with van der Waals surface area (Å²) < 4.78 is 5.77. The molecule has 0 N–H and O–H groups in total. The molecule has 0 spiro atoms. The molecule has 2 rings (SSSR count). The van der Waals surface area contributed by atoms with Gasteiger partial charge in [0.25, 0.3) is 0 Å². The molecule has 0 amide bonds. The van der Waals surface area contributed by atoms with Crippen LogP contribution < -0.4 is 7.05 Å². The number of benzene rings is 2. The van der Waals surface area contributed by atoms with Crippen molar-refractivity contribution in [2.75, 3.05) is 7.05 Å². The van der Waals surface area contributed by atoms with E-state index in [0.29, 0.717) is 0 Å². The molecule has 0 fully saturated rings. The molecule has 158 valence electrons. The fraction of sp³-hybridized carbons (Fsp3) is 0.500. The van der Waals surface area contributed by atoms with Crippen LogP contribution >= 0.6 is 0 Å². The Bertz CT molecular complexity index is 775. The zero-order valence-electron chi connectivity index (χ0n) is 20.7. The summed E-state index contributed by atoms with van der Waals surface area (Å²) in [6.07, 6.45) is 0. The van der Waals surface area contributed by atoms with Crippen LogP contribution in [0.5, 0.6) is 0 Å². The van der Waals surface area contributed by atoms with E-state index in [1.54, 1.807) is 0 Å². The fourth-order valence-electron chi connectivity index (χ4n) is 4.22. The van der Waals surface area contributed by atoms with Gasteiger partial charge in [-0.05, 0) is 0 Å². The van der Waals surface area contributed by atoms with Crippen molar-refractivity contribution in [1.29, 1.82) is 0 Å². The van der Waals surface area contributed by atoms with Crippen LogP contribution in [-0.4, -0.2) is 32.3 Å². The molecule has 0 unspecified atom stereocenters. The fourth-order valence-corrected chi connectivity index (χ4v) is 14.5. The summed E-state index contributed by atoms with van der Waals surface area (Å²) in [5.41, 5.74) is 11.5. The first kappa shape index (κ1) is 24.3. The second-order valence-electron chi connectivity index (χ2n) is 10.6. The topological polar surface area (TPSA) is 6.48 Å². The molecule has 2 aromatic rings. The van der Waals surface area contributed by atoms with Crippen molar-refractivity contribution in [3.63, 3.8) is 0 Å². The van der Waals surface area contributed by atoms with Crippen molar-refractivity contribution in [3.8, 4) is 0 Å². The van der Waals surface area contributed by atoms with Crippen LogP contribution in [0.3, 0.4) is 0 Å². The third kappa shape index (κ3) is 5.59. The first-order valence-electron chi connectivity index (χ1n) is 10.7. The Kier molecular flexibility index (Phi) is 7.23. The van der Waals surface area contributed by atoms with Gasteiger partial charge in [0.05, 0.1) is 0 Å². The average Bonchev–Trinajstić information content (AvgIpc) is 2.48. The summed E-state index contributed by atoms with van der Waals surface area (Å²) in [5, 5.41) is 0. The molecule has 5 heteroatoms. The third-order valence-electron chi connectivity index (χ3n) is 5.26. The Labute approximate surface area is 188 Å². The van der Waals surface area contributed by atoms with Crippen molar-refractivity contribution < 1.29 is 0 Å². The zero-order valence-corrected chi connectivity index (χ0v) is 24.8. The van der Waals surface area contributed by atoms with E-state index in [-0.39, 0.29) is 0 Å². The molecule has 0 aliphatic carbocycles. The van der Waals surface area contributed by atoms with Gasteiger partial charge in [-0.3, -0.25) is 0 Å². The molecule has 0 saturated heterocycles. The van der Waals surface area contributed by atoms with E-state index in [4.69, 9.17) is 0 Å². The van der Waals surface area contributed by atoms with Crippen LogP contribution in [0, 0.1) is 41.5 Å². The normalized spacial score (nSPS) is 12.3. The molecule has 0 aromatic heterocycles. The number of rotatable bonds is 6. The van der Waals surface area contributed by atoms with Gasteiger partial charge in [-0.25, -0.2) is 0 Å². The Morgan fingerprint density at radius 2 is 0.759 bits per heavy atom. The summed E-state index contributed by atoms with van der Waals surface area (Å²) in [6, 6.07) is 9.46. The molecule has 2 nitrogen and oxygen atoms in total. The molecule has 2 radical (unpaired) electrons. The molecule has 2 aromatic carbocycles. The Balaban J connectivity index is 2.67. The standard InChI is InChI=1S/C24H40GeN2Si2/c1-17-13-19(3)23(20(4)14-17)26(28(7,8)9)25-27(29(10,11)12)24-21(5)15-18(2)16-22(24)6/h13-16H,1-12H3. The Morgan fingerprint density at radius 3 is 0.966 bits per heavy atom. The first-order chi connectivity index (χ1) is 13.1. The molecular weight excluding hydrogens is 445 g/mol. The summed E-state index contributed by atoms with van der Waals surface area (Å²) in [4.78, 5) is 0. The van der Waals surface area contributed by atoms with Gasteiger partial charge >= 0.3 is 189 Å². The van der Waals surface area contributed by atoms with Gasteiger partial charge in [-0.15, -0.1) is 0 Å². The summed E-state index contributed by atoms with van der Waals surface area (Å²) in [5.74, 6) is 0. The number of nitrogens with zero attached hydrogens (tertiary/aromatic N) is 2. The second-order valence-corrected chi connectivity index (χ2v) is 24.4. The van der Waals surface area contributed by atoms with E-state index in [0.717, 1.165) is 0 Å². The number of aryl methyl sites for hydroxylation is 6. The van der Waals surface area contributed by atoms with E-state index in [1.165, 1.54) is 44.8 Å². The molecule has 0 atom stereocenters. The van der Waals surface area contributed by atoms with Crippen molar-refractivity contribution in [2.24, 2.45) is 0 Å². The van der Waals surface area contributed by atoms with E-state index >= 15 is 0 Å². The van der Waals surface area contributed by atoms with Gasteiger partial charge in [0.2, 0.25) is 0 Å². The zero-order chi connectivity index (χ0) is 22.3. The summed E-state index contributed by atoms with van der Waals surface area (Å²) in [7, 11) is -3.12. The monoisotopic (exact) mass is 486 g/mol.